The number of benzene rings is 2. The number of carbonyl (C=O) groups excluding carboxylic acids is 1. The summed E-state index contributed by atoms with van der Waals surface area (Å²) in [4.78, 5) is 20.9. The molecule has 3 aromatic rings. The van der Waals surface area contributed by atoms with Crippen LogP contribution in [0.5, 0.6) is 5.88 Å². The van der Waals surface area contributed by atoms with Crippen LogP contribution in [0, 0.1) is 12.7 Å². The van der Waals surface area contributed by atoms with Crippen LogP contribution in [0.2, 0.25) is 0 Å². The summed E-state index contributed by atoms with van der Waals surface area (Å²) < 4.78 is 18.6. The molecule has 0 saturated heterocycles. The highest BCUT2D eigenvalue weighted by Gasteiger charge is 2.10. The molecule has 1 N–H and O–H groups in total. The lowest BCUT2D eigenvalue weighted by molar-refractivity contribution is -0.118. The molecule has 1 heterocycles. The van der Waals surface area contributed by atoms with Gasteiger partial charge in [0.1, 0.15) is 5.82 Å². The number of aryl methyl sites for hydroxylation is 2. The fraction of sp³-hybridized carbons (Fsp3) is 0.190. The van der Waals surface area contributed by atoms with Crippen molar-refractivity contribution in [2.75, 3.05) is 11.9 Å². The van der Waals surface area contributed by atoms with E-state index in [4.69, 9.17) is 4.74 Å². The van der Waals surface area contributed by atoms with Crippen molar-refractivity contribution in [2.45, 2.75) is 20.3 Å². The van der Waals surface area contributed by atoms with E-state index >= 15 is 0 Å². The molecule has 0 saturated carbocycles. The zero-order chi connectivity index (χ0) is 19.2. The number of anilines is 1. The van der Waals surface area contributed by atoms with Crippen molar-refractivity contribution in [3.63, 3.8) is 0 Å². The first-order valence-electron chi connectivity index (χ1n) is 8.67. The fourth-order valence-electron chi connectivity index (χ4n) is 2.62. The van der Waals surface area contributed by atoms with Crippen molar-refractivity contribution in [3.05, 3.63) is 71.7 Å². The lowest BCUT2D eigenvalue weighted by Gasteiger charge is -2.11. The van der Waals surface area contributed by atoms with E-state index in [0.717, 1.165) is 17.7 Å². The fourth-order valence-corrected chi connectivity index (χ4v) is 2.62. The van der Waals surface area contributed by atoms with Gasteiger partial charge in [-0.15, -0.1) is 0 Å². The average molecular weight is 365 g/mol. The monoisotopic (exact) mass is 365 g/mol. The first kappa shape index (κ1) is 18.5. The van der Waals surface area contributed by atoms with E-state index in [0.29, 0.717) is 23.0 Å². The normalized spacial score (nSPS) is 10.5. The number of amides is 1. The summed E-state index contributed by atoms with van der Waals surface area (Å²) in [6, 6.07) is 15.2. The van der Waals surface area contributed by atoms with E-state index in [2.05, 4.69) is 15.3 Å². The van der Waals surface area contributed by atoms with Gasteiger partial charge in [0.2, 0.25) is 5.88 Å². The Morgan fingerprint density at radius 3 is 2.59 bits per heavy atom. The van der Waals surface area contributed by atoms with Crippen LogP contribution in [0.25, 0.3) is 11.4 Å². The van der Waals surface area contributed by atoms with Gasteiger partial charge in [-0.05, 0) is 49.2 Å². The van der Waals surface area contributed by atoms with Crippen LogP contribution in [-0.4, -0.2) is 22.5 Å². The minimum atomic E-state index is -0.327. The molecule has 0 atom stereocenters. The Labute approximate surface area is 157 Å². The number of nitrogens with one attached hydrogen (secondary N) is 1. The molecule has 5 nitrogen and oxygen atoms in total. The summed E-state index contributed by atoms with van der Waals surface area (Å²) in [6.45, 7) is 3.67. The Bertz CT molecular complexity index is 942. The van der Waals surface area contributed by atoms with Crippen LogP contribution in [0.1, 0.15) is 18.2 Å². The van der Waals surface area contributed by atoms with Crippen LogP contribution >= 0.6 is 0 Å². The Hall–Kier alpha value is -3.28. The van der Waals surface area contributed by atoms with E-state index in [1.165, 1.54) is 12.1 Å². The van der Waals surface area contributed by atoms with Gasteiger partial charge < -0.3 is 10.1 Å². The van der Waals surface area contributed by atoms with Gasteiger partial charge >= 0.3 is 0 Å². The SMILES string of the molecule is CCc1ccccc1NC(=O)COc1cc(C)nc(-c2ccc(F)cc2)n1. The molecular formula is C21H20FN3O2. The minimum absolute atomic E-state index is 0.169. The molecule has 0 aliphatic rings. The van der Waals surface area contributed by atoms with Crippen LogP contribution in [0.3, 0.4) is 0 Å². The summed E-state index contributed by atoms with van der Waals surface area (Å²) in [7, 11) is 0. The van der Waals surface area contributed by atoms with Crippen LogP contribution in [0.4, 0.5) is 10.1 Å². The third-order valence-electron chi connectivity index (χ3n) is 3.96. The summed E-state index contributed by atoms with van der Waals surface area (Å²) >= 11 is 0. The highest BCUT2D eigenvalue weighted by molar-refractivity contribution is 5.92. The van der Waals surface area contributed by atoms with Gasteiger partial charge in [-0.3, -0.25) is 4.79 Å². The predicted molar refractivity (Wildman–Crippen MR) is 102 cm³/mol. The average Bonchev–Trinajstić information content (AvgIpc) is 2.67. The molecule has 0 radical (unpaired) electrons. The molecular weight excluding hydrogens is 345 g/mol. The highest BCUT2D eigenvalue weighted by Crippen LogP contribution is 2.20. The lowest BCUT2D eigenvalue weighted by atomic mass is 10.1. The molecule has 0 aliphatic heterocycles. The van der Waals surface area contributed by atoms with Crippen LogP contribution < -0.4 is 10.1 Å². The zero-order valence-corrected chi connectivity index (χ0v) is 15.2. The largest absolute Gasteiger partial charge is 0.467 e. The summed E-state index contributed by atoms with van der Waals surface area (Å²) in [5.41, 5.74) is 3.20. The number of hydrogen-bond donors (Lipinski definition) is 1. The van der Waals surface area contributed by atoms with Gasteiger partial charge in [0.05, 0.1) is 0 Å². The smallest absolute Gasteiger partial charge is 0.262 e. The molecule has 138 valence electrons. The molecule has 0 aliphatic carbocycles. The second-order valence-electron chi connectivity index (χ2n) is 6.03. The van der Waals surface area contributed by atoms with E-state index in [-0.39, 0.29) is 18.3 Å². The maximum Gasteiger partial charge on any atom is 0.262 e. The quantitative estimate of drug-likeness (QED) is 0.712. The van der Waals surface area contributed by atoms with E-state index in [9.17, 15) is 9.18 Å². The number of nitrogens with zero attached hydrogens (tertiary/aromatic N) is 2. The molecule has 0 bridgehead atoms. The molecule has 0 unspecified atom stereocenters. The number of para-hydroxylation sites is 1. The molecule has 27 heavy (non-hydrogen) atoms. The molecule has 1 aromatic heterocycles. The first-order chi connectivity index (χ1) is 13.0. The predicted octanol–water partition coefficient (Wildman–Crippen LogP) is 4.17. The molecule has 2 aromatic carbocycles. The Morgan fingerprint density at radius 1 is 1.11 bits per heavy atom. The number of halogens is 1. The van der Waals surface area contributed by atoms with Crippen molar-refractivity contribution >= 4 is 11.6 Å². The number of aromatic nitrogens is 2. The third-order valence-corrected chi connectivity index (χ3v) is 3.96. The molecule has 1 amide bonds. The van der Waals surface area contributed by atoms with Crippen LogP contribution in [-0.2, 0) is 11.2 Å². The lowest BCUT2D eigenvalue weighted by Crippen LogP contribution is -2.21. The number of carbonyl (C=O) groups is 1. The maximum absolute atomic E-state index is 13.1. The van der Waals surface area contributed by atoms with E-state index in [1.807, 2.05) is 31.2 Å². The van der Waals surface area contributed by atoms with Crippen molar-refractivity contribution in [1.29, 1.82) is 0 Å². The van der Waals surface area contributed by atoms with Crippen molar-refractivity contribution in [2.24, 2.45) is 0 Å². The minimum Gasteiger partial charge on any atom is -0.467 e. The van der Waals surface area contributed by atoms with Crippen molar-refractivity contribution in [3.8, 4) is 17.3 Å². The molecule has 0 fully saturated rings. The number of ether oxygens (including phenoxy) is 1. The molecule has 6 heteroatoms. The molecule has 0 spiro atoms. The Morgan fingerprint density at radius 2 is 1.85 bits per heavy atom. The van der Waals surface area contributed by atoms with Gasteiger partial charge in [0.25, 0.3) is 5.91 Å². The van der Waals surface area contributed by atoms with Crippen molar-refractivity contribution < 1.29 is 13.9 Å². The van der Waals surface area contributed by atoms with Crippen LogP contribution in [0.15, 0.2) is 54.6 Å². The Balaban J connectivity index is 1.69. The van der Waals surface area contributed by atoms with E-state index in [1.54, 1.807) is 25.1 Å². The first-order valence-corrected chi connectivity index (χ1v) is 8.67. The summed E-state index contributed by atoms with van der Waals surface area (Å²) in [5, 5.41) is 2.85. The van der Waals surface area contributed by atoms with Gasteiger partial charge in [0.15, 0.2) is 12.4 Å². The summed E-state index contributed by atoms with van der Waals surface area (Å²) in [5.74, 6) is 0.116. The van der Waals surface area contributed by atoms with E-state index < -0.39 is 0 Å². The topological polar surface area (TPSA) is 64.1 Å². The Kier molecular flexibility index (Phi) is 5.76. The zero-order valence-electron chi connectivity index (χ0n) is 15.2. The maximum atomic E-state index is 13.1. The highest BCUT2D eigenvalue weighted by atomic mass is 19.1. The number of hydrogen-bond acceptors (Lipinski definition) is 4. The van der Waals surface area contributed by atoms with Gasteiger partial charge in [-0.1, -0.05) is 25.1 Å². The third kappa shape index (κ3) is 4.88. The second-order valence-corrected chi connectivity index (χ2v) is 6.03. The molecule has 3 rings (SSSR count). The van der Waals surface area contributed by atoms with Gasteiger partial charge in [-0.25, -0.2) is 9.37 Å². The summed E-state index contributed by atoms with van der Waals surface area (Å²) in [6.07, 6.45) is 0.823. The number of rotatable bonds is 6. The second kappa shape index (κ2) is 8.40. The van der Waals surface area contributed by atoms with Gasteiger partial charge in [0, 0.05) is 23.0 Å². The standard InChI is InChI=1S/C21H20FN3O2/c1-3-15-6-4-5-7-18(15)24-19(26)13-27-20-12-14(2)23-21(25-20)16-8-10-17(22)11-9-16/h4-12H,3,13H2,1-2H3,(H,24,26). The van der Waals surface area contributed by atoms with Gasteiger partial charge in [-0.2, -0.15) is 4.98 Å². The van der Waals surface area contributed by atoms with Crippen molar-refractivity contribution in [1.82, 2.24) is 9.97 Å².